The normalized spacial score (nSPS) is 10.2. The molecule has 1 aromatic heterocycles. The van der Waals surface area contributed by atoms with Gasteiger partial charge in [0.1, 0.15) is 11.6 Å². The van der Waals surface area contributed by atoms with Crippen LogP contribution in [0, 0.1) is 0 Å². The van der Waals surface area contributed by atoms with E-state index in [1.54, 1.807) is 18.2 Å². The second-order valence-corrected chi connectivity index (χ2v) is 5.98. The number of anilines is 1. The number of nitrogens with zero attached hydrogens (tertiary/aromatic N) is 1. The Balaban J connectivity index is 1.90. The molecule has 2 aromatic rings. The second-order valence-electron chi connectivity index (χ2n) is 3.77. The molecule has 0 aliphatic rings. The maximum atomic E-state index is 11.7. The van der Waals surface area contributed by atoms with E-state index >= 15 is 0 Å². The van der Waals surface area contributed by atoms with Gasteiger partial charge in [-0.3, -0.25) is 4.79 Å². The van der Waals surface area contributed by atoms with Gasteiger partial charge >= 0.3 is 0 Å². The molecule has 0 unspecified atom stereocenters. The number of carbonyl (C=O) groups excluding carboxylic acids is 1. The lowest BCUT2D eigenvalue weighted by Crippen LogP contribution is -2.20. The lowest BCUT2D eigenvalue weighted by Gasteiger charge is -2.08. The van der Waals surface area contributed by atoms with E-state index in [1.165, 1.54) is 6.20 Å². The van der Waals surface area contributed by atoms with Crippen LogP contribution < -0.4 is 10.1 Å². The standard InChI is InChI=1S/C13H9Br2ClN2O2/c14-8-1-3-11(10(15)5-8)20-7-13(19)18-12-4-2-9(16)6-17-12/h1-6H,7H2,(H,17,18,19). The zero-order valence-electron chi connectivity index (χ0n) is 10.1. The van der Waals surface area contributed by atoms with Gasteiger partial charge in [-0.15, -0.1) is 0 Å². The molecule has 7 heteroatoms. The van der Waals surface area contributed by atoms with Crippen molar-refractivity contribution in [1.82, 2.24) is 4.98 Å². The average Bonchev–Trinajstić information content (AvgIpc) is 2.40. The van der Waals surface area contributed by atoms with Gasteiger partial charge < -0.3 is 10.1 Å². The molecule has 0 spiro atoms. The summed E-state index contributed by atoms with van der Waals surface area (Å²) in [6, 6.07) is 8.71. The Kier molecular flexibility index (Phi) is 5.39. The van der Waals surface area contributed by atoms with Crippen molar-refractivity contribution in [1.29, 1.82) is 0 Å². The topological polar surface area (TPSA) is 51.2 Å². The highest BCUT2D eigenvalue weighted by Crippen LogP contribution is 2.28. The number of aromatic nitrogens is 1. The molecular weight excluding hydrogens is 411 g/mol. The molecule has 0 saturated heterocycles. The molecule has 0 saturated carbocycles. The highest BCUT2D eigenvalue weighted by atomic mass is 79.9. The third-order valence-corrected chi connectivity index (χ3v) is 3.58. The number of halogens is 3. The summed E-state index contributed by atoms with van der Waals surface area (Å²) in [7, 11) is 0. The molecule has 1 aromatic carbocycles. The molecule has 20 heavy (non-hydrogen) atoms. The quantitative estimate of drug-likeness (QED) is 0.803. The Morgan fingerprint density at radius 1 is 1.30 bits per heavy atom. The third kappa shape index (κ3) is 4.47. The predicted octanol–water partition coefficient (Wildman–Crippen LogP) is 4.28. The first-order chi connectivity index (χ1) is 9.54. The summed E-state index contributed by atoms with van der Waals surface area (Å²) in [6.45, 7) is -0.107. The van der Waals surface area contributed by atoms with Crippen LogP contribution in [-0.4, -0.2) is 17.5 Å². The Labute approximate surface area is 137 Å². The number of pyridine rings is 1. The zero-order chi connectivity index (χ0) is 14.5. The molecule has 4 nitrogen and oxygen atoms in total. The van der Waals surface area contributed by atoms with E-state index in [0.29, 0.717) is 16.6 Å². The van der Waals surface area contributed by atoms with Gasteiger partial charge in [-0.25, -0.2) is 4.98 Å². The molecule has 1 N–H and O–H groups in total. The minimum absolute atomic E-state index is 0.107. The molecule has 2 rings (SSSR count). The number of hydrogen-bond donors (Lipinski definition) is 1. The lowest BCUT2D eigenvalue weighted by molar-refractivity contribution is -0.118. The number of nitrogens with one attached hydrogen (secondary N) is 1. The van der Waals surface area contributed by atoms with Crippen molar-refractivity contribution in [2.75, 3.05) is 11.9 Å². The van der Waals surface area contributed by atoms with E-state index in [-0.39, 0.29) is 12.5 Å². The Morgan fingerprint density at radius 3 is 2.75 bits per heavy atom. The van der Waals surface area contributed by atoms with Crippen molar-refractivity contribution in [3.63, 3.8) is 0 Å². The highest BCUT2D eigenvalue weighted by Gasteiger charge is 2.07. The zero-order valence-corrected chi connectivity index (χ0v) is 14.0. The van der Waals surface area contributed by atoms with Crippen LogP contribution in [0.4, 0.5) is 5.82 Å². The van der Waals surface area contributed by atoms with Crippen molar-refractivity contribution < 1.29 is 9.53 Å². The summed E-state index contributed by atoms with van der Waals surface area (Å²) in [5, 5.41) is 3.12. The Morgan fingerprint density at radius 2 is 2.10 bits per heavy atom. The van der Waals surface area contributed by atoms with Gasteiger partial charge in [-0.1, -0.05) is 27.5 Å². The largest absolute Gasteiger partial charge is 0.483 e. The van der Waals surface area contributed by atoms with Gasteiger partial charge in [0.05, 0.1) is 9.50 Å². The van der Waals surface area contributed by atoms with Gasteiger partial charge in [0.25, 0.3) is 5.91 Å². The number of rotatable bonds is 4. The molecular formula is C13H9Br2ClN2O2. The van der Waals surface area contributed by atoms with E-state index in [9.17, 15) is 4.79 Å². The first-order valence-electron chi connectivity index (χ1n) is 5.54. The molecule has 0 aliphatic heterocycles. The molecule has 0 atom stereocenters. The fraction of sp³-hybridized carbons (Fsp3) is 0.0769. The van der Waals surface area contributed by atoms with E-state index in [2.05, 4.69) is 42.2 Å². The van der Waals surface area contributed by atoms with Crippen LogP contribution in [0.5, 0.6) is 5.75 Å². The molecule has 1 heterocycles. The van der Waals surface area contributed by atoms with Gasteiger partial charge in [-0.2, -0.15) is 0 Å². The number of ether oxygens (including phenoxy) is 1. The van der Waals surface area contributed by atoms with Gasteiger partial charge in [0, 0.05) is 10.7 Å². The second kappa shape index (κ2) is 7.06. The van der Waals surface area contributed by atoms with Crippen molar-refractivity contribution >= 4 is 55.2 Å². The molecule has 104 valence electrons. The average molecular weight is 420 g/mol. The summed E-state index contributed by atoms with van der Waals surface area (Å²) in [6.07, 6.45) is 1.46. The number of benzene rings is 1. The van der Waals surface area contributed by atoms with Gasteiger partial charge in [0.15, 0.2) is 6.61 Å². The van der Waals surface area contributed by atoms with Crippen LogP contribution in [0.2, 0.25) is 5.02 Å². The van der Waals surface area contributed by atoms with Crippen LogP contribution in [0.3, 0.4) is 0 Å². The van der Waals surface area contributed by atoms with Crippen molar-refractivity contribution in [3.8, 4) is 5.75 Å². The van der Waals surface area contributed by atoms with E-state index < -0.39 is 0 Å². The summed E-state index contributed by atoms with van der Waals surface area (Å²) < 4.78 is 7.11. The highest BCUT2D eigenvalue weighted by molar-refractivity contribution is 9.11. The third-order valence-electron chi connectivity index (χ3n) is 2.25. The number of amides is 1. The van der Waals surface area contributed by atoms with Crippen LogP contribution in [0.1, 0.15) is 0 Å². The minimum atomic E-state index is -0.297. The Hall–Kier alpha value is -1.11. The lowest BCUT2D eigenvalue weighted by atomic mass is 10.3. The predicted molar refractivity (Wildman–Crippen MR) is 85.2 cm³/mol. The molecule has 0 bridgehead atoms. The van der Waals surface area contributed by atoms with Crippen LogP contribution in [-0.2, 0) is 4.79 Å². The molecule has 0 radical (unpaired) electrons. The van der Waals surface area contributed by atoms with E-state index in [4.69, 9.17) is 16.3 Å². The number of carbonyl (C=O) groups is 1. The van der Waals surface area contributed by atoms with Crippen LogP contribution in [0.15, 0.2) is 45.5 Å². The maximum absolute atomic E-state index is 11.7. The van der Waals surface area contributed by atoms with Crippen LogP contribution in [0.25, 0.3) is 0 Å². The van der Waals surface area contributed by atoms with Gasteiger partial charge in [0.2, 0.25) is 0 Å². The summed E-state index contributed by atoms with van der Waals surface area (Å²) in [5.41, 5.74) is 0. The first kappa shape index (κ1) is 15.3. The van der Waals surface area contributed by atoms with Crippen molar-refractivity contribution in [2.24, 2.45) is 0 Å². The SMILES string of the molecule is O=C(COc1ccc(Br)cc1Br)Nc1ccc(Cl)cn1. The maximum Gasteiger partial charge on any atom is 0.263 e. The fourth-order valence-corrected chi connectivity index (χ4v) is 2.64. The summed E-state index contributed by atoms with van der Waals surface area (Å²) >= 11 is 12.4. The van der Waals surface area contributed by atoms with E-state index in [0.717, 1.165) is 8.95 Å². The fourth-order valence-electron chi connectivity index (χ4n) is 1.36. The van der Waals surface area contributed by atoms with Crippen LogP contribution >= 0.6 is 43.5 Å². The first-order valence-corrected chi connectivity index (χ1v) is 7.50. The van der Waals surface area contributed by atoms with Crippen molar-refractivity contribution in [3.05, 3.63) is 50.5 Å². The summed E-state index contributed by atoms with van der Waals surface area (Å²) in [5.74, 6) is 0.722. The monoisotopic (exact) mass is 418 g/mol. The summed E-state index contributed by atoms with van der Waals surface area (Å²) in [4.78, 5) is 15.7. The minimum Gasteiger partial charge on any atom is -0.483 e. The van der Waals surface area contributed by atoms with Crippen molar-refractivity contribution in [2.45, 2.75) is 0 Å². The number of hydrogen-bond acceptors (Lipinski definition) is 3. The van der Waals surface area contributed by atoms with E-state index in [1.807, 2.05) is 12.1 Å². The smallest absolute Gasteiger partial charge is 0.263 e. The van der Waals surface area contributed by atoms with Gasteiger partial charge in [-0.05, 0) is 46.3 Å². The molecule has 0 fully saturated rings. The molecule has 1 amide bonds. The molecule has 0 aliphatic carbocycles. The Bertz CT molecular complexity index is 620.